The Morgan fingerprint density at radius 1 is 1.33 bits per heavy atom. The highest BCUT2D eigenvalue weighted by Crippen LogP contribution is 2.23. The Morgan fingerprint density at radius 2 is 2.17 bits per heavy atom. The first-order valence-electron chi connectivity index (χ1n) is 7.18. The van der Waals surface area contributed by atoms with E-state index in [9.17, 15) is 0 Å². The third kappa shape index (κ3) is 4.83. The molecular weight excluding hydrogens is 226 g/mol. The highest BCUT2D eigenvalue weighted by atomic mass is 16.5. The van der Waals surface area contributed by atoms with Crippen LogP contribution in [0.2, 0.25) is 0 Å². The van der Waals surface area contributed by atoms with E-state index in [1.807, 2.05) is 12.1 Å². The van der Waals surface area contributed by atoms with Crippen LogP contribution in [0.25, 0.3) is 0 Å². The van der Waals surface area contributed by atoms with Crippen LogP contribution in [-0.4, -0.2) is 19.2 Å². The molecule has 1 fully saturated rings. The number of hydrogen-bond acceptors (Lipinski definition) is 3. The smallest absolute Gasteiger partial charge is 0.129 e. The van der Waals surface area contributed by atoms with Crippen molar-refractivity contribution in [1.82, 2.24) is 5.32 Å². The van der Waals surface area contributed by atoms with E-state index in [-0.39, 0.29) is 0 Å². The van der Waals surface area contributed by atoms with Crippen molar-refractivity contribution in [1.29, 1.82) is 0 Å². The van der Waals surface area contributed by atoms with Crippen LogP contribution in [0.3, 0.4) is 0 Å². The molecule has 1 N–H and O–H groups in total. The van der Waals surface area contributed by atoms with E-state index in [4.69, 9.17) is 9.15 Å². The molecule has 0 amide bonds. The standard InChI is InChI=1S/C15H25NO2/c1-13-5-7-14(8-6-13)16-9-3-10-17-12-15-4-2-11-18-15/h2,4,11,13-14,16H,3,5-10,12H2,1H3. The molecule has 0 atom stereocenters. The molecule has 1 aliphatic rings. The van der Waals surface area contributed by atoms with Gasteiger partial charge in [0.15, 0.2) is 0 Å². The number of furan rings is 1. The second-order valence-corrected chi connectivity index (χ2v) is 5.40. The van der Waals surface area contributed by atoms with Gasteiger partial charge in [0.1, 0.15) is 12.4 Å². The highest BCUT2D eigenvalue weighted by Gasteiger charge is 2.16. The van der Waals surface area contributed by atoms with E-state index in [0.717, 1.165) is 37.3 Å². The maximum Gasteiger partial charge on any atom is 0.129 e. The number of hydrogen-bond donors (Lipinski definition) is 1. The van der Waals surface area contributed by atoms with Gasteiger partial charge < -0.3 is 14.5 Å². The van der Waals surface area contributed by atoms with Gasteiger partial charge in [-0.25, -0.2) is 0 Å². The fourth-order valence-electron chi connectivity index (χ4n) is 2.51. The van der Waals surface area contributed by atoms with Gasteiger partial charge in [-0.1, -0.05) is 6.92 Å². The number of rotatable bonds is 7. The van der Waals surface area contributed by atoms with E-state index in [0.29, 0.717) is 6.61 Å². The summed E-state index contributed by atoms with van der Waals surface area (Å²) in [7, 11) is 0. The van der Waals surface area contributed by atoms with Gasteiger partial charge in [-0.15, -0.1) is 0 Å². The molecule has 3 heteroatoms. The zero-order valence-electron chi connectivity index (χ0n) is 11.4. The Bertz CT molecular complexity index is 302. The lowest BCUT2D eigenvalue weighted by Crippen LogP contribution is -2.33. The monoisotopic (exact) mass is 251 g/mol. The first-order chi connectivity index (χ1) is 8.84. The summed E-state index contributed by atoms with van der Waals surface area (Å²) >= 11 is 0. The largest absolute Gasteiger partial charge is 0.467 e. The SMILES string of the molecule is CC1CCC(NCCCOCc2ccco2)CC1. The molecule has 0 saturated heterocycles. The molecule has 0 aliphatic heterocycles. The van der Waals surface area contributed by atoms with Crippen molar-refractivity contribution in [3.8, 4) is 0 Å². The van der Waals surface area contributed by atoms with Gasteiger partial charge in [-0.3, -0.25) is 0 Å². The van der Waals surface area contributed by atoms with Gasteiger partial charge in [-0.05, 0) is 56.7 Å². The lowest BCUT2D eigenvalue weighted by molar-refractivity contribution is 0.103. The van der Waals surface area contributed by atoms with Crippen LogP contribution in [0.15, 0.2) is 22.8 Å². The van der Waals surface area contributed by atoms with Gasteiger partial charge in [0.05, 0.1) is 6.26 Å². The fourth-order valence-corrected chi connectivity index (χ4v) is 2.51. The first-order valence-corrected chi connectivity index (χ1v) is 7.18. The second-order valence-electron chi connectivity index (χ2n) is 5.40. The van der Waals surface area contributed by atoms with Crippen molar-refractivity contribution in [2.45, 2.75) is 51.7 Å². The summed E-state index contributed by atoms with van der Waals surface area (Å²) in [5.74, 6) is 1.84. The average molecular weight is 251 g/mol. The van der Waals surface area contributed by atoms with Crippen LogP contribution < -0.4 is 5.32 Å². The topological polar surface area (TPSA) is 34.4 Å². The summed E-state index contributed by atoms with van der Waals surface area (Å²) in [4.78, 5) is 0. The quantitative estimate of drug-likeness (QED) is 0.755. The molecule has 1 saturated carbocycles. The zero-order chi connectivity index (χ0) is 12.6. The second kappa shape index (κ2) is 7.59. The molecule has 0 bridgehead atoms. The van der Waals surface area contributed by atoms with Gasteiger partial charge in [0.2, 0.25) is 0 Å². The van der Waals surface area contributed by atoms with E-state index in [1.54, 1.807) is 6.26 Å². The lowest BCUT2D eigenvalue weighted by Gasteiger charge is -2.27. The van der Waals surface area contributed by atoms with Crippen molar-refractivity contribution in [2.24, 2.45) is 5.92 Å². The van der Waals surface area contributed by atoms with Crippen molar-refractivity contribution >= 4 is 0 Å². The molecular formula is C15H25NO2. The Hall–Kier alpha value is -0.800. The number of nitrogens with one attached hydrogen (secondary N) is 1. The summed E-state index contributed by atoms with van der Waals surface area (Å²) in [5.41, 5.74) is 0. The van der Waals surface area contributed by atoms with Gasteiger partial charge in [-0.2, -0.15) is 0 Å². The highest BCUT2D eigenvalue weighted by molar-refractivity contribution is 4.95. The predicted molar refractivity (Wildman–Crippen MR) is 72.4 cm³/mol. The number of ether oxygens (including phenoxy) is 1. The maximum atomic E-state index is 5.55. The molecule has 0 aromatic carbocycles. The predicted octanol–water partition coefficient (Wildman–Crippen LogP) is 3.35. The normalized spacial score (nSPS) is 24.3. The third-order valence-corrected chi connectivity index (χ3v) is 3.74. The average Bonchev–Trinajstić information content (AvgIpc) is 2.89. The molecule has 1 aliphatic carbocycles. The molecule has 0 spiro atoms. The summed E-state index contributed by atoms with van der Waals surface area (Å²) in [5, 5.41) is 3.63. The summed E-state index contributed by atoms with van der Waals surface area (Å²) < 4.78 is 10.8. The van der Waals surface area contributed by atoms with Crippen LogP contribution in [0.4, 0.5) is 0 Å². The first kappa shape index (κ1) is 13.6. The third-order valence-electron chi connectivity index (χ3n) is 3.74. The molecule has 0 radical (unpaired) electrons. The van der Waals surface area contributed by atoms with Gasteiger partial charge in [0.25, 0.3) is 0 Å². The van der Waals surface area contributed by atoms with E-state index < -0.39 is 0 Å². The van der Waals surface area contributed by atoms with Crippen molar-refractivity contribution in [3.63, 3.8) is 0 Å². The summed E-state index contributed by atoms with van der Waals surface area (Å²) in [6.45, 7) is 4.82. The minimum atomic E-state index is 0.591. The van der Waals surface area contributed by atoms with Crippen LogP contribution in [0, 0.1) is 5.92 Å². The Balaban J connectivity index is 1.44. The Labute approximate surface area is 110 Å². The Morgan fingerprint density at radius 3 is 2.89 bits per heavy atom. The van der Waals surface area contributed by atoms with Crippen molar-refractivity contribution < 1.29 is 9.15 Å². The summed E-state index contributed by atoms with van der Waals surface area (Å²) in [6, 6.07) is 4.58. The lowest BCUT2D eigenvalue weighted by atomic mass is 9.87. The maximum absolute atomic E-state index is 5.55. The molecule has 2 rings (SSSR count). The molecule has 1 aromatic heterocycles. The van der Waals surface area contributed by atoms with Crippen molar-refractivity contribution in [2.75, 3.05) is 13.2 Å². The van der Waals surface area contributed by atoms with Gasteiger partial charge in [0, 0.05) is 12.6 Å². The van der Waals surface area contributed by atoms with Crippen LogP contribution in [0.5, 0.6) is 0 Å². The van der Waals surface area contributed by atoms with E-state index in [2.05, 4.69) is 12.2 Å². The van der Waals surface area contributed by atoms with Crippen LogP contribution in [-0.2, 0) is 11.3 Å². The molecule has 1 aromatic rings. The molecule has 1 heterocycles. The van der Waals surface area contributed by atoms with Crippen LogP contribution in [0.1, 0.15) is 44.8 Å². The molecule has 0 unspecified atom stereocenters. The minimum Gasteiger partial charge on any atom is -0.467 e. The van der Waals surface area contributed by atoms with Crippen molar-refractivity contribution in [3.05, 3.63) is 24.2 Å². The molecule has 102 valence electrons. The fraction of sp³-hybridized carbons (Fsp3) is 0.733. The van der Waals surface area contributed by atoms with E-state index in [1.165, 1.54) is 25.7 Å². The summed E-state index contributed by atoms with van der Waals surface area (Å²) in [6.07, 6.45) is 8.21. The van der Waals surface area contributed by atoms with Gasteiger partial charge >= 0.3 is 0 Å². The van der Waals surface area contributed by atoms with Crippen LogP contribution >= 0.6 is 0 Å². The van der Waals surface area contributed by atoms with E-state index >= 15 is 0 Å². The minimum absolute atomic E-state index is 0.591. The Kier molecular flexibility index (Phi) is 5.75. The zero-order valence-corrected chi connectivity index (χ0v) is 11.4. The molecule has 18 heavy (non-hydrogen) atoms. The molecule has 3 nitrogen and oxygen atoms in total.